The molecule has 1 fully saturated rings. The molecule has 0 aliphatic carbocycles. The third kappa shape index (κ3) is 2.78. The zero-order chi connectivity index (χ0) is 19.3. The molecule has 0 aromatic heterocycles. The number of halogens is 1. The van der Waals surface area contributed by atoms with Gasteiger partial charge in [-0.15, -0.1) is 0 Å². The van der Waals surface area contributed by atoms with Crippen molar-refractivity contribution >= 4 is 50.6 Å². The number of hydrogen-bond donors (Lipinski definition) is 0. The molecule has 0 radical (unpaired) electrons. The van der Waals surface area contributed by atoms with Gasteiger partial charge in [-0.05, 0) is 43.3 Å². The van der Waals surface area contributed by atoms with Gasteiger partial charge in [0.25, 0.3) is 5.91 Å². The van der Waals surface area contributed by atoms with E-state index in [4.69, 9.17) is 0 Å². The van der Waals surface area contributed by atoms with Crippen molar-refractivity contribution in [1.29, 1.82) is 0 Å². The first-order chi connectivity index (χ1) is 12.9. The van der Waals surface area contributed by atoms with Crippen molar-refractivity contribution in [2.45, 2.75) is 19.9 Å². The van der Waals surface area contributed by atoms with Crippen LogP contribution in [0.3, 0.4) is 0 Å². The molecular formula is C20H16BrN3O3. The maximum Gasteiger partial charge on any atom is 0.259 e. The van der Waals surface area contributed by atoms with E-state index >= 15 is 0 Å². The van der Waals surface area contributed by atoms with Crippen LogP contribution >= 0.6 is 15.9 Å². The number of aryl methyl sites for hydroxylation is 1. The lowest BCUT2D eigenvalue weighted by Gasteiger charge is -2.22. The number of carbonyl (C=O) groups excluding carboxylic acids is 3. The molecule has 0 spiro atoms. The SMILES string of the molecule is CC(=O)C1=NN(c2ccc(C)cc2)[C@@H]2C(=O)N(c3ccc(Br)cc3)C(=O)[C@@H]12. The maximum atomic E-state index is 13.2. The predicted molar refractivity (Wildman–Crippen MR) is 106 cm³/mol. The minimum absolute atomic E-state index is 0.124. The maximum absolute atomic E-state index is 13.2. The van der Waals surface area contributed by atoms with Gasteiger partial charge in [0.2, 0.25) is 5.91 Å². The van der Waals surface area contributed by atoms with Gasteiger partial charge in [-0.2, -0.15) is 5.10 Å². The molecular weight excluding hydrogens is 410 g/mol. The Morgan fingerprint density at radius 3 is 2.15 bits per heavy atom. The summed E-state index contributed by atoms with van der Waals surface area (Å²) in [7, 11) is 0. The standard InChI is InChI=1S/C20H16BrN3O3/c1-11-3-7-15(8-4-11)24-18-16(17(22-24)12(2)25)19(26)23(20(18)27)14-9-5-13(21)6-10-14/h3-10,16,18H,1-2H3/t16-,18-/m0/s1. The van der Waals surface area contributed by atoms with E-state index in [1.807, 2.05) is 31.2 Å². The van der Waals surface area contributed by atoms with Gasteiger partial charge < -0.3 is 0 Å². The van der Waals surface area contributed by atoms with Crippen molar-refractivity contribution in [3.05, 3.63) is 58.6 Å². The lowest BCUT2D eigenvalue weighted by Crippen LogP contribution is -2.39. The highest BCUT2D eigenvalue weighted by Crippen LogP contribution is 2.38. The molecule has 2 aromatic rings. The minimum atomic E-state index is -0.889. The zero-order valence-electron chi connectivity index (χ0n) is 14.7. The number of rotatable bonds is 3. The van der Waals surface area contributed by atoms with Gasteiger partial charge in [-0.3, -0.25) is 19.4 Å². The number of nitrogens with zero attached hydrogens (tertiary/aromatic N) is 3. The van der Waals surface area contributed by atoms with E-state index in [1.54, 1.807) is 24.3 Å². The Labute approximate surface area is 164 Å². The number of fused-ring (bicyclic) bond motifs is 1. The smallest absolute Gasteiger partial charge is 0.259 e. The predicted octanol–water partition coefficient (Wildman–Crippen LogP) is 3.08. The molecule has 136 valence electrons. The Kier molecular flexibility index (Phi) is 4.19. The van der Waals surface area contributed by atoms with E-state index in [2.05, 4.69) is 21.0 Å². The topological polar surface area (TPSA) is 70.1 Å². The zero-order valence-corrected chi connectivity index (χ0v) is 16.3. The van der Waals surface area contributed by atoms with Crippen LogP contribution in [0.1, 0.15) is 12.5 Å². The number of amides is 2. The highest BCUT2D eigenvalue weighted by molar-refractivity contribution is 9.10. The summed E-state index contributed by atoms with van der Waals surface area (Å²) < 4.78 is 0.845. The Morgan fingerprint density at radius 2 is 1.56 bits per heavy atom. The number of Topliss-reactive ketones (excluding diaryl/α,β-unsaturated/α-hetero) is 1. The molecule has 2 heterocycles. The summed E-state index contributed by atoms with van der Waals surface area (Å²) in [5, 5.41) is 5.84. The average Bonchev–Trinajstić information content (AvgIpc) is 3.15. The number of imide groups is 1. The van der Waals surface area contributed by atoms with Crippen LogP contribution in [-0.4, -0.2) is 29.4 Å². The summed E-state index contributed by atoms with van der Waals surface area (Å²) in [6.45, 7) is 3.33. The van der Waals surface area contributed by atoms with Gasteiger partial charge in [0.05, 0.1) is 11.4 Å². The molecule has 1 saturated heterocycles. The van der Waals surface area contributed by atoms with Crippen LogP contribution in [0.4, 0.5) is 11.4 Å². The number of anilines is 2. The van der Waals surface area contributed by atoms with Crippen molar-refractivity contribution in [2.75, 3.05) is 9.91 Å². The Morgan fingerprint density at radius 1 is 0.963 bits per heavy atom. The Bertz CT molecular complexity index is 983. The molecule has 2 aliphatic rings. The van der Waals surface area contributed by atoms with Crippen LogP contribution in [0, 0.1) is 12.8 Å². The molecule has 0 N–H and O–H groups in total. The van der Waals surface area contributed by atoms with Crippen LogP contribution in [0.5, 0.6) is 0 Å². The normalized spacial score (nSPS) is 21.5. The molecule has 0 bridgehead atoms. The largest absolute Gasteiger partial charge is 0.293 e. The van der Waals surface area contributed by atoms with E-state index < -0.39 is 17.9 Å². The van der Waals surface area contributed by atoms with Crippen LogP contribution in [0.25, 0.3) is 0 Å². The molecule has 7 heteroatoms. The Hall–Kier alpha value is -2.80. The number of ketones is 1. The van der Waals surface area contributed by atoms with E-state index in [0.717, 1.165) is 14.9 Å². The first-order valence-corrected chi connectivity index (χ1v) is 9.26. The molecule has 0 saturated carbocycles. The fourth-order valence-electron chi connectivity index (χ4n) is 3.46. The lowest BCUT2D eigenvalue weighted by atomic mass is 9.95. The fourth-order valence-corrected chi connectivity index (χ4v) is 3.72. The van der Waals surface area contributed by atoms with Crippen LogP contribution in [0.15, 0.2) is 58.1 Å². The number of carbonyl (C=O) groups is 3. The van der Waals surface area contributed by atoms with Gasteiger partial charge in [0.15, 0.2) is 5.78 Å². The highest BCUT2D eigenvalue weighted by Gasteiger charge is 2.58. The third-order valence-electron chi connectivity index (χ3n) is 4.79. The van der Waals surface area contributed by atoms with E-state index in [-0.39, 0.29) is 17.4 Å². The van der Waals surface area contributed by atoms with Crippen LogP contribution in [-0.2, 0) is 14.4 Å². The van der Waals surface area contributed by atoms with E-state index in [9.17, 15) is 14.4 Å². The molecule has 27 heavy (non-hydrogen) atoms. The minimum Gasteiger partial charge on any atom is -0.293 e. The monoisotopic (exact) mass is 425 g/mol. The van der Waals surface area contributed by atoms with Crippen molar-refractivity contribution in [2.24, 2.45) is 11.0 Å². The van der Waals surface area contributed by atoms with Gasteiger partial charge in [-0.1, -0.05) is 33.6 Å². The van der Waals surface area contributed by atoms with Crippen molar-refractivity contribution in [3.63, 3.8) is 0 Å². The second kappa shape index (κ2) is 6.42. The molecule has 0 unspecified atom stereocenters. The molecule has 6 nitrogen and oxygen atoms in total. The van der Waals surface area contributed by atoms with Crippen LogP contribution in [0.2, 0.25) is 0 Å². The van der Waals surface area contributed by atoms with Gasteiger partial charge in [0.1, 0.15) is 17.7 Å². The fraction of sp³-hybridized carbons (Fsp3) is 0.200. The number of benzene rings is 2. The first kappa shape index (κ1) is 17.6. The van der Waals surface area contributed by atoms with Crippen LogP contribution < -0.4 is 9.91 Å². The summed E-state index contributed by atoms with van der Waals surface area (Å²) in [4.78, 5) is 39.5. The second-order valence-electron chi connectivity index (χ2n) is 6.63. The summed E-state index contributed by atoms with van der Waals surface area (Å²) in [6, 6.07) is 13.5. The molecule has 2 aliphatic heterocycles. The second-order valence-corrected chi connectivity index (χ2v) is 7.55. The molecule has 2 amide bonds. The third-order valence-corrected chi connectivity index (χ3v) is 5.32. The van der Waals surface area contributed by atoms with Gasteiger partial charge in [0, 0.05) is 11.4 Å². The van der Waals surface area contributed by atoms with Gasteiger partial charge in [-0.25, -0.2) is 4.90 Å². The average molecular weight is 426 g/mol. The molecule has 4 rings (SSSR count). The summed E-state index contributed by atoms with van der Waals surface area (Å²) in [5.41, 5.74) is 2.34. The first-order valence-electron chi connectivity index (χ1n) is 8.47. The number of hydrazone groups is 1. The van der Waals surface area contributed by atoms with E-state index in [0.29, 0.717) is 11.4 Å². The highest BCUT2D eigenvalue weighted by atomic mass is 79.9. The van der Waals surface area contributed by atoms with E-state index in [1.165, 1.54) is 11.9 Å². The van der Waals surface area contributed by atoms with Gasteiger partial charge >= 0.3 is 0 Å². The Balaban J connectivity index is 1.79. The van der Waals surface area contributed by atoms with Crippen molar-refractivity contribution in [3.8, 4) is 0 Å². The van der Waals surface area contributed by atoms with Crippen molar-refractivity contribution in [1.82, 2.24) is 0 Å². The number of hydrogen-bond acceptors (Lipinski definition) is 5. The quantitative estimate of drug-likeness (QED) is 0.708. The molecule has 2 atom stereocenters. The summed E-state index contributed by atoms with van der Waals surface area (Å²) in [5.74, 6) is -2.00. The van der Waals surface area contributed by atoms with Crippen molar-refractivity contribution < 1.29 is 14.4 Å². The lowest BCUT2D eigenvalue weighted by molar-refractivity contribution is -0.122. The summed E-state index contributed by atoms with van der Waals surface area (Å²) >= 11 is 3.35. The molecule has 2 aromatic carbocycles. The summed E-state index contributed by atoms with van der Waals surface area (Å²) in [6.07, 6.45) is 0.